The Balaban J connectivity index is 0.000000451. The Bertz CT molecular complexity index is 871. The average molecular weight is 460 g/mol. The van der Waals surface area contributed by atoms with E-state index in [9.17, 15) is 27.6 Å². The Kier molecular flexibility index (Phi) is 8.41. The first-order valence-corrected chi connectivity index (χ1v) is 9.62. The molecule has 2 fully saturated rings. The molecule has 32 heavy (non-hydrogen) atoms. The molecule has 176 valence electrons. The maximum absolute atomic E-state index is 12.2. The highest BCUT2D eigenvalue weighted by atomic mass is 19.4. The first-order valence-electron chi connectivity index (χ1n) is 9.62. The van der Waals surface area contributed by atoms with E-state index in [-0.39, 0.29) is 24.8 Å². The van der Waals surface area contributed by atoms with Crippen LogP contribution in [0.25, 0.3) is 0 Å². The van der Waals surface area contributed by atoms with E-state index in [4.69, 9.17) is 14.6 Å². The zero-order chi connectivity index (χ0) is 23.9. The molecule has 10 nitrogen and oxygen atoms in total. The summed E-state index contributed by atoms with van der Waals surface area (Å²) in [4.78, 5) is 47.7. The monoisotopic (exact) mass is 460 g/mol. The van der Waals surface area contributed by atoms with E-state index in [2.05, 4.69) is 10.6 Å². The lowest BCUT2D eigenvalue weighted by molar-refractivity contribution is -0.192. The van der Waals surface area contributed by atoms with Crippen molar-refractivity contribution in [3.8, 4) is 5.75 Å². The molecule has 0 saturated carbocycles. The number of nitrogens with one attached hydrogen (secondary N) is 2. The minimum absolute atomic E-state index is 0.0345. The number of ether oxygens (including phenoxy) is 1. The van der Waals surface area contributed by atoms with Gasteiger partial charge in [0.25, 0.3) is 5.91 Å². The number of carbonyl (C=O) groups excluding carboxylic acids is 3. The molecule has 3 rings (SSSR count). The fourth-order valence-corrected chi connectivity index (χ4v) is 2.91. The number of aryl methyl sites for hydroxylation is 1. The first-order chi connectivity index (χ1) is 15.0. The smallest absolute Gasteiger partial charge is 0.484 e. The molecule has 0 atom stereocenters. The summed E-state index contributed by atoms with van der Waals surface area (Å²) in [5.41, 5.74) is 1.57. The van der Waals surface area contributed by atoms with Crippen molar-refractivity contribution in [2.45, 2.75) is 19.5 Å². The Hall–Kier alpha value is -3.35. The fraction of sp³-hybridized carbons (Fsp3) is 0.474. The summed E-state index contributed by atoms with van der Waals surface area (Å²) in [5, 5.41) is 12.6. The Morgan fingerprint density at radius 1 is 1.16 bits per heavy atom. The highest BCUT2D eigenvalue weighted by molar-refractivity contribution is 6.06. The predicted molar refractivity (Wildman–Crippen MR) is 105 cm³/mol. The van der Waals surface area contributed by atoms with Gasteiger partial charge in [0.05, 0.1) is 5.69 Å². The number of rotatable bonds is 4. The summed E-state index contributed by atoms with van der Waals surface area (Å²) in [6, 6.07) is 4.91. The molecule has 1 aromatic carbocycles. The maximum Gasteiger partial charge on any atom is 0.490 e. The minimum atomic E-state index is -5.08. The molecule has 2 aliphatic heterocycles. The number of hydrogen-bond acceptors (Lipinski definition) is 6. The van der Waals surface area contributed by atoms with Crippen LogP contribution in [0.1, 0.15) is 12.0 Å². The van der Waals surface area contributed by atoms with Crippen LogP contribution in [0.5, 0.6) is 5.75 Å². The molecule has 0 bridgehead atoms. The lowest BCUT2D eigenvalue weighted by atomic mass is 10.1. The van der Waals surface area contributed by atoms with Crippen LogP contribution in [0.4, 0.5) is 23.7 Å². The number of carboxylic acids is 1. The summed E-state index contributed by atoms with van der Waals surface area (Å²) in [7, 11) is 0. The van der Waals surface area contributed by atoms with Gasteiger partial charge < -0.3 is 20.1 Å². The number of halogens is 3. The number of anilines is 1. The summed E-state index contributed by atoms with van der Waals surface area (Å²) >= 11 is 0. The predicted octanol–water partition coefficient (Wildman–Crippen LogP) is 0.885. The highest BCUT2D eigenvalue weighted by Crippen LogP contribution is 2.27. The van der Waals surface area contributed by atoms with Gasteiger partial charge >= 0.3 is 18.2 Å². The maximum atomic E-state index is 12.2. The summed E-state index contributed by atoms with van der Waals surface area (Å²) in [5.74, 6) is -2.56. The second-order valence-corrected chi connectivity index (χ2v) is 6.93. The Morgan fingerprint density at radius 2 is 1.78 bits per heavy atom. The second kappa shape index (κ2) is 10.8. The van der Waals surface area contributed by atoms with Gasteiger partial charge in [0.15, 0.2) is 6.61 Å². The van der Waals surface area contributed by atoms with Gasteiger partial charge in [0.1, 0.15) is 5.75 Å². The van der Waals surface area contributed by atoms with Gasteiger partial charge in [-0.05, 0) is 18.6 Å². The fourth-order valence-electron chi connectivity index (χ4n) is 2.91. The molecule has 2 aliphatic rings. The van der Waals surface area contributed by atoms with Crippen LogP contribution < -0.4 is 20.3 Å². The van der Waals surface area contributed by atoms with E-state index in [0.717, 1.165) is 18.7 Å². The first kappa shape index (κ1) is 24.9. The van der Waals surface area contributed by atoms with Gasteiger partial charge in [-0.2, -0.15) is 13.2 Å². The topological polar surface area (TPSA) is 128 Å². The van der Waals surface area contributed by atoms with Gasteiger partial charge in [0, 0.05) is 45.2 Å². The third-order valence-electron chi connectivity index (χ3n) is 4.60. The molecule has 0 spiro atoms. The Labute approximate surface area is 181 Å². The quantitative estimate of drug-likeness (QED) is 0.609. The number of benzene rings is 1. The van der Waals surface area contributed by atoms with Crippen LogP contribution in [-0.4, -0.2) is 79.3 Å². The van der Waals surface area contributed by atoms with Crippen LogP contribution in [0.15, 0.2) is 18.2 Å². The van der Waals surface area contributed by atoms with Crippen molar-refractivity contribution in [2.75, 3.05) is 44.2 Å². The number of carbonyl (C=O) groups is 4. The van der Waals surface area contributed by atoms with Gasteiger partial charge in [-0.15, -0.1) is 0 Å². The van der Waals surface area contributed by atoms with Crippen molar-refractivity contribution in [2.24, 2.45) is 0 Å². The van der Waals surface area contributed by atoms with Crippen molar-refractivity contribution in [1.82, 2.24) is 15.5 Å². The number of hydrogen-bond donors (Lipinski definition) is 3. The van der Waals surface area contributed by atoms with E-state index in [0.29, 0.717) is 31.1 Å². The number of nitrogens with zero attached hydrogens (tertiary/aromatic N) is 2. The molecular formula is C19H23F3N4O6. The van der Waals surface area contributed by atoms with E-state index in [1.165, 1.54) is 4.90 Å². The molecule has 4 amide bonds. The molecule has 0 radical (unpaired) electrons. The zero-order valence-electron chi connectivity index (χ0n) is 17.2. The lowest BCUT2D eigenvalue weighted by Gasteiger charge is -2.28. The summed E-state index contributed by atoms with van der Waals surface area (Å²) in [6.45, 7) is 5.13. The number of piperazine rings is 1. The molecule has 2 saturated heterocycles. The number of aliphatic carboxylic acids is 1. The van der Waals surface area contributed by atoms with Crippen molar-refractivity contribution in [3.63, 3.8) is 0 Å². The van der Waals surface area contributed by atoms with Gasteiger partial charge in [-0.3, -0.25) is 19.8 Å². The minimum Gasteiger partial charge on any atom is -0.484 e. The number of imide groups is 1. The number of carboxylic acid groups (broad SMARTS) is 1. The molecular weight excluding hydrogens is 437 g/mol. The normalized spacial score (nSPS) is 16.6. The third kappa shape index (κ3) is 7.11. The van der Waals surface area contributed by atoms with E-state index < -0.39 is 18.2 Å². The Morgan fingerprint density at radius 3 is 2.34 bits per heavy atom. The van der Waals surface area contributed by atoms with Crippen LogP contribution >= 0.6 is 0 Å². The van der Waals surface area contributed by atoms with Crippen molar-refractivity contribution >= 4 is 29.5 Å². The van der Waals surface area contributed by atoms with Crippen LogP contribution in [-0.2, 0) is 14.4 Å². The molecule has 0 unspecified atom stereocenters. The number of urea groups is 1. The summed E-state index contributed by atoms with van der Waals surface area (Å²) in [6.07, 6.45) is -4.82. The number of amides is 4. The van der Waals surface area contributed by atoms with Gasteiger partial charge in [-0.25, -0.2) is 9.59 Å². The third-order valence-corrected chi connectivity index (χ3v) is 4.60. The van der Waals surface area contributed by atoms with Gasteiger partial charge in [0.2, 0.25) is 5.91 Å². The van der Waals surface area contributed by atoms with Crippen molar-refractivity contribution in [1.29, 1.82) is 0 Å². The average Bonchev–Trinajstić information content (AvgIpc) is 2.73. The standard InChI is InChI=1S/C17H22N4O4.C2HF3O2/c1-12-2-3-13(25-11-16(23)20-8-5-18-6-9-20)10-14(12)21-7-4-15(22)19-17(21)24;3-2(4,5)1(6)7/h2-3,10,18H,4-9,11H2,1H3,(H,19,22,24);(H,6,7). The van der Waals surface area contributed by atoms with Crippen LogP contribution in [0.2, 0.25) is 0 Å². The van der Waals surface area contributed by atoms with E-state index in [1.54, 1.807) is 17.0 Å². The second-order valence-electron chi connectivity index (χ2n) is 6.93. The molecule has 1 aromatic rings. The molecule has 2 heterocycles. The van der Waals surface area contributed by atoms with Crippen LogP contribution in [0.3, 0.4) is 0 Å². The van der Waals surface area contributed by atoms with Crippen molar-refractivity contribution in [3.05, 3.63) is 23.8 Å². The van der Waals surface area contributed by atoms with Crippen molar-refractivity contribution < 1.29 is 42.2 Å². The molecule has 3 N–H and O–H groups in total. The number of alkyl halides is 3. The van der Waals surface area contributed by atoms with E-state index in [1.807, 2.05) is 13.0 Å². The lowest BCUT2D eigenvalue weighted by Crippen LogP contribution is -2.49. The SMILES string of the molecule is Cc1ccc(OCC(=O)N2CCNCC2)cc1N1CCC(=O)NC1=O.O=C(O)C(F)(F)F. The molecule has 13 heteroatoms. The highest BCUT2D eigenvalue weighted by Gasteiger charge is 2.38. The zero-order valence-corrected chi connectivity index (χ0v) is 17.2. The van der Waals surface area contributed by atoms with Gasteiger partial charge in [-0.1, -0.05) is 6.07 Å². The van der Waals surface area contributed by atoms with E-state index >= 15 is 0 Å². The molecule has 0 aliphatic carbocycles. The largest absolute Gasteiger partial charge is 0.490 e. The summed E-state index contributed by atoms with van der Waals surface area (Å²) < 4.78 is 37.4. The van der Waals surface area contributed by atoms with Crippen LogP contribution in [0, 0.1) is 6.92 Å². The molecule has 0 aromatic heterocycles.